The van der Waals surface area contributed by atoms with Gasteiger partial charge in [-0.05, 0) is 37.0 Å². The van der Waals surface area contributed by atoms with Gasteiger partial charge in [-0.25, -0.2) is 4.79 Å². The Kier molecular flexibility index (Phi) is 7.88. The first-order valence-corrected chi connectivity index (χ1v) is 12.3. The number of carbonyl (C=O) groups excluding carboxylic acids is 1. The third kappa shape index (κ3) is 5.26. The Hall–Kier alpha value is -0.530. The Morgan fingerprint density at radius 3 is 2.96 bits per heavy atom. The van der Waals surface area contributed by atoms with Gasteiger partial charge >= 0.3 is 6.03 Å². The lowest BCUT2D eigenvalue weighted by Crippen LogP contribution is -2.56. The average Bonchev–Trinajstić information content (AvgIpc) is 3.09. The van der Waals surface area contributed by atoms with Crippen molar-refractivity contribution >= 4 is 51.2 Å². The molecule has 2 heterocycles. The molecule has 0 bridgehead atoms. The van der Waals surface area contributed by atoms with Gasteiger partial charge in [-0.15, -0.1) is 0 Å². The molecule has 6 heteroatoms. The molecule has 2 fully saturated rings. The summed E-state index contributed by atoms with van der Waals surface area (Å²) >= 11 is 4.73. The number of hydrogen-bond acceptors (Lipinski definition) is 2. The first-order valence-electron chi connectivity index (χ1n) is 9.22. The lowest BCUT2D eigenvalue weighted by atomic mass is 10.1. The highest BCUT2D eigenvalue weighted by Gasteiger charge is 2.37. The van der Waals surface area contributed by atoms with Gasteiger partial charge in [0.1, 0.15) is 0 Å². The molecule has 2 aliphatic heterocycles. The highest BCUT2D eigenvalue weighted by Crippen LogP contribution is 2.27. The molecule has 140 valence electrons. The summed E-state index contributed by atoms with van der Waals surface area (Å²) < 4.78 is 2.09. The summed E-state index contributed by atoms with van der Waals surface area (Å²) in [6.45, 7) is 3.34. The van der Waals surface area contributed by atoms with Crippen molar-refractivity contribution in [3.63, 3.8) is 0 Å². The van der Waals surface area contributed by atoms with Crippen LogP contribution >= 0.6 is 45.2 Å². The zero-order chi connectivity index (χ0) is 18.4. The first-order chi connectivity index (χ1) is 12.7. The van der Waals surface area contributed by atoms with Gasteiger partial charge in [-0.1, -0.05) is 69.2 Å². The number of piperazine rings is 1. The smallest absolute Gasteiger partial charge is 0.317 e. The number of hydrogen-bond donors (Lipinski definition) is 1. The van der Waals surface area contributed by atoms with Crippen LogP contribution in [-0.4, -0.2) is 58.5 Å². The van der Waals surface area contributed by atoms with E-state index in [4.69, 9.17) is 0 Å². The van der Waals surface area contributed by atoms with Crippen LogP contribution in [0.5, 0.6) is 0 Å². The SMILES string of the molecule is O=C(NCCCI)N1CCN2[C@@H](CC[C@H]2C#Cc2cccc(CI)c2)C1. The van der Waals surface area contributed by atoms with Crippen molar-refractivity contribution in [3.8, 4) is 11.8 Å². The maximum Gasteiger partial charge on any atom is 0.317 e. The normalized spacial score (nSPS) is 22.5. The van der Waals surface area contributed by atoms with Crippen LogP contribution in [0.1, 0.15) is 30.4 Å². The molecule has 1 aromatic carbocycles. The average molecular weight is 577 g/mol. The molecule has 0 saturated carbocycles. The number of urea groups is 1. The van der Waals surface area contributed by atoms with E-state index in [1.165, 1.54) is 5.56 Å². The summed E-state index contributed by atoms with van der Waals surface area (Å²) in [5.74, 6) is 6.86. The fraction of sp³-hybridized carbons (Fsp3) is 0.550. The van der Waals surface area contributed by atoms with Crippen LogP contribution in [0.2, 0.25) is 0 Å². The van der Waals surface area contributed by atoms with E-state index < -0.39 is 0 Å². The predicted octanol–water partition coefficient (Wildman–Crippen LogP) is 3.66. The summed E-state index contributed by atoms with van der Waals surface area (Å²) in [7, 11) is 0. The van der Waals surface area contributed by atoms with E-state index in [1.807, 2.05) is 4.90 Å². The van der Waals surface area contributed by atoms with Crippen molar-refractivity contribution in [2.45, 2.75) is 35.8 Å². The minimum absolute atomic E-state index is 0.0969. The molecule has 3 rings (SSSR count). The molecular weight excluding hydrogens is 552 g/mol. The Bertz CT molecular complexity index is 685. The number of nitrogens with one attached hydrogen (secondary N) is 1. The van der Waals surface area contributed by atoms with Crippen LogP contribution in [0.3, 0.4) is 0 Å². The summed E-state index contributed by atoms with van der Waals surface area (Å²) in [6.07, 6.45) is 3.27. The Balaban J connectivity index is 1.56. The Morgan fingerprint density at radius 2 is 2.15 bits per heavy atom. The monoisotopic (exact) mass is 577 g/mol. The van der Waals surface area contributed by atoms with Gasteiger partial charge in [0.2, 0.25) is 0 Å². The number of amides is 2. The number of nitrogens with zero attached hydrogens (tertiary/aromatic N) is 2. The van der Waals surface area contributed by atoms with Crippen LogP contribution in [0.25, 0.3) is 0 Å². The summed E-state index contributed by atoms with van der Waals surface area (Å²) in [5, 5.41) is 3.04. The highest BCUT2D eigenvalue weighted by molar-refractivity contribution is 14.1. The van der Waals surface area contributed by atoms with Gasteiger partial charge in [0.25, 0.3) is 0 Å². The fourth-order valence-electron chi connectivity index (χ4n) is 3.67. The van der Waals surface area contributed by atoms with Crippen molar-refractivity contribution in [1.82, 2.24) is 15.1 Å². The molecule has 0 aliphatic carbocycles. The second-order valence-electron chi connectivity index (χ2n) is 6.81. The maximum atomic E-state index is 12.3. The van der Waals surface area contributed by atoms with E-state index >= 15 is 0 Å². The molecule has 2 aliphatic rings. The lowest BCUT2D eigenvalue weighted by molar-refractivity contribution is 0.105. The minimum Gasteiger partial charge on any atom is -0.338 e. The van der Waals surface area contributed by atoms with Crippen molar-refractivity contribution < 1.29 is 4.79 Å². The minimum atomic E-state index is 0.0969. The van der Waals surface area contributed by atoms with Gasteiger partial charge in [0.15, 0.2) is 0 Å². The topological polar surface area (TPSA) is 35.6 Å². The van der Waals surface area contributed by atoms with E-state index in [0.29, 0.717) is 12.1 Å². The first kappa shape index (κ1) is 20.2. The maximum absolute atomic E-state index is 12.3. The van der Waals surface area contributed by atoms with Crippen molar-refractivity contribution in [2.75, 3.05) is 30.6 Å². The van der Waals surface area contributed by atoms with E-state index in [2.05, 4.69) is 91.5 Å². The van der Waals surface area contributed by atoms with Gasteiger partial charge in [-0.2, -0.15) is 0 Å². The standard InChI is InChI=1S/C20H25I2N3O/c21-9-2-10-23-20(26)24-11-12-25-18(7-8-19(25)15-24)6-5-16-3-1-4-17(13-16)14-22/h1,3-4,13,18-19H,2,7-12,14-15H2,(H,23,26)/t18-,19+/m1/s1. The van der Waals surface area contributed by atoms with Crippen molar-refractivity contribution in [1.29, 1.82) is 0 Å². The molecular formula is C20H25I2N3O. The number of rotatable bonds is 4. The number of fused-ring (bicyclic) bond motifs is 1. The van der Waals surface area contributed by atoms with Crippen LogP contribution in [-0.2, 0) is 4.43 Å². The fourth-order valence-corrected chi connectivity index (χ4v) is 4.52. The largest absolute Gasteiger partial charge is 0.338 e. The van der Waals surface area contributed by atoms with Gasteiger partial charge in [0.05, 0.1) is 6.04 Å². The van der Waals surface area contributed by atoms with E-state index in [-0.39, 0.29) is 6.03 Å². The van der Waals surface area contributed by atoms with Crippen molar-refractivity contribution in [3.05, 3.63) is 35.4 Å². The van der Waals surface area contributed by atoms with Gasteiger partial charge in [0, 0.05) is 46.6 Å². The zero-order valence-electron chi connectivity index (χ0n) is 14.9. The number of carbonyl (C=O) groups is 1. The Labute approximate surface area is 183 Å². The molecule has 2 saturated heterocycles. The molecule has 0 unspecified atom stereocenters. The summed E-state index contributed by atoms with van der Waals surface area (Å²) in [5.41, 5.74) is 2.43. The molecule has 2 atom stereocenters. The molecule has 1 aromatic rings. The van der Waals surface area contributed by atoms with Crippen molar-refractivity contribution in [2.24, 2.45) is 0 Å². The third-order valence-electron chi connectivity index (χ3n) is 5.04. The van der Waals surface area contributed by atoms with E-state index in [0.717, 1.165) is 59.9 Å². The van der Waals surface area contributed by atoms with Crippen LogP contribution in [0.4, 0.5) is 4.79 Å². The highest BCUT2D eigenvalue weighted by atomic mass is 127. The van der Waals surface area contributed by atoms with E-state index in [9.17, 15) is 4.79 Å². The third-order valence-corrected chi connectivity index (χ3v) is 6.68. The summed E-state index contributed by atoms with van der Waals surface area (Å²) in [4.78, 5) is 16.8. The lowest BCUT2D eigenvalue weighted by Gasteiger charge is -2.38. The molecule has 2 amide bonds. The van der Waals surface area contributed by atoms with Crippen LogP contribution in [0.15, 0.2) is 24.3 Å². The zero-order valence-corrected chi connectivity index (χ0v) is 19.2. The quantitative estimate of drug-likeness (QED) is 0.257. The predicted molar refractivity (Wildman–Crippen MR) is 123 cm³/mol. The molecule has 1 N–H and O–H groups in total. The summed E-state index contributed by atoms with van der Waals surface area (Å²) in [6, 6.07) is 9.39. The molecule has 0 aromatic heterocycles. The second kappa shape index (κ2) is 10.1. The van der Waals surface area contributed by atoms with Gasteiger partial charge in [-0.3, -0.25) is 4.90 Å². The number of halogens is 2. The van der Waals surface area contributed by atoms with Crippen LogP contribution in [0, 0.1) is 11.8 Å². The van der Waals surface area contributed by atoms with Crippen LogP contribution < -0.4 is 5.32 Å². The Morgan fingerprint density at radius 1 is 1.27 bits per heavy atom. The number of alkyl halides is 2. The van der Waals surface area contributed by atoms with E-state index in [1.54, 1.807) is 0 Å². The second-order valence-corrected chi connectivity index (χ2v) is 8.65. The molecule has 0 radical (unpaired) electrons. The number of benzene rings is 1. The molecule has 26 heavy (non-hydrogen) atoms. The molecule has 4 nitrogen and oxygen atoms in total. The molecule has 0 spiro atoms. The van der Waals surface area contributed by atoms with Gasteiger partial charge < -0.3 is 10.2 Å².